The van der Waals surface area contributed by atoms with E-state index in [9.17, 15) is 14.3 Å². The molecule has 2 N–H and O–H groups in total. The van der Waals surface area contributed by atoms with Crippen molar-refractivity contribution in [3.8, 4) is 35.4 Å². The van der Waals surface area contributed by atoms with Crippen LogP contribution in [0.3, 0.4) is 0 Å². The zero-order valence-electron chi connectivity index (χ0n) is 26.5. The molecular formula is C35H36F2N6O4. The monoisotopic (exact) mass is 642 g/mol. The van der Waals surface area contributed by atoms with Gasteiger partial charge in [-0.2, -0.15) is 9.97 Å². The van der Waals surface area contributed by atoms with Crippen molar-refractivity contribution in [2.75, 3.05) is 38.2 Å². The lowest BCUT2D eigenvalue weighted by atomic mass is 9.96. The zero-order valence-corrected chi connectivity index (χ0v) is 26.5. The first-order valence-electron chi connectivity index (χ1n) is 15.9. The molecule has 0 spiro atoms. The van der Waals surface area contributed by atoms with Crippen LogP contribution in [0.25, 0.3) is 32.9 Å². The second kappa shape index (κ2) is 12.2. The number of rotatable bonds is 7. The Morgan fingerprint density at radius 3 is 2.66 bits per heavy atom. The molecule has 2 bridgehead atoms. The Labute approximate surface area is 271 Å². The average Bonchev–Trinajstić information content (AvgIpc) is 3.58. The minimum absolute atomic E-state index is 0.00146. The maximum Gasteiger partial charge on any atom is 0.319 e. The molecule has 3 saturated heterocycles. The first kappa shape index (κ1) is 31.0. The highest BCUT2D eigenvalue weighted by Crippen LogP contribution is 2.39. The van der Waals surface area contributed by atoms with Crippen molar-refractivity contribution in [3.63, 3.8) is 0 Å². The van der Waals surface area contributed by atoms with Crippen molar-refractivity contribution in [2.24, 2.45) is 5.92 Å². The van der Waals surface area contributed by atoms with E-state index in [-0.39, 0.29) is 82.2 Å². The van der Waals surface area contributed by atoms with Gasteiger partial charge in [0.05, 0.1) is 16.9 Å². The maximum absolute atomic E-state index is 16.8. The molecule has 4 atom stereocenters. The van der Waals surface area contributed by atoms with Crippen molar-refractivity contribution < 1.29 is 28.2 Å². The molecule has 47 heavy (non-hydrogen) atoms. The summed E-state index contributed by atoms with van der Waals surface area (Å²) in [6.45, 7) is 5.74. The molecule has 0 saturated carbocycles. The third-order valence-electron chi connectivity index (χ3n) is 9.42. The van der Waals surface area contributed by atoms with Gasteiger partial charge in [0.2, 0.25) is 0 Å². The molecule has 4 aromatic rings. The Bertz CT molecular complexity index is 1920. The fourth-order valence-electron chi connectivity index (χ4n) is 7.02. The number of phenols is 1. The van der Waals surface area contributed by atoms with Gasteiger partial charge in [-0.3, -0.25) is 14.7 Å². The lowest BCUT2D eigenvalue weighted by Crippen LogP contribution is -2.51. The number of piperazine rings is 1. The number of halogens is 2. The van der Waals surface area contributed by atoms with Crippen LogP contribution >= 0.6 is 0 Å². The highest BCUT2D eigenvalue weighted by molar-refractivity contribution is 6.03. The fraction of sp³-hybridized carbons (Fsp3) is 0.429. The Balaban J connectivity index is 1.29. The molecule has 2 aromatic carbocycles. The highest BCUT2D eigenvalue weighted by atomic mass is 19.1. The van der Waals surface area contributed by atoms with Crippen molar-refractivity contribution in [1.29, 1.82) is 0 Å². The summed E-state index contributed by atoms with van der Waals surface area (Å²) in [5.41, 5.74) is -0.0637. The molecule has 7 rings (SSSR count). The van der Waals surface area contributed by atoms with E-state index in [1.807, 2.05) is 7.05 Å². The Hall–Kier alpha value is -4.60. The predicted octanol–water partition coefficient (Wildman–Crippen LogP) is 4.40. The summed E-state index contributed by atoms with van der Waals surface area (Å²) in [7, 11) is 1.94. The summed E-state index contributed by atoms with van der Waals surface area (Å²) in [6.07, 6.45) is 9.60. The Kier molecular flexibility index (Phi) is 8.06. The third-order valence-corrected chi connectivity index (χ3v) is 9.42. The number of aromatic hydroxyl groups is 1. The minimum Gasteiger partial charge on any atom is -0.508 e. The maximum atomic E-state index is 16.8. The van der Waals surface area contributed by atoms with Crippen LogP contribution in [0.15, 0.2) is 30.5 Å². The number of nitrogens with zero attached hydrogens (tertiary/aromatic N) is 5. The van der Waals surface area contributed by atoms with Gasteiger partial charge in [-0.05, 0) is 43.5 Å². The molecule has 2 unspecified atom stereocenters. The van der Waals surface area contributed by atoms with Crippen LogP contribution in [0, 0.1) is 29.9 Å². The van der Waals surface area contributed by atoms with Crippen LogP contribution < -0.4 is 15.0 Å². The molecule has 3 aliphatic rings. The van der Waals surface area contributed by atoms with Crippen LogP contribution in [0.1, 0.15) is 38.7 Å². The number of fused-ring (bicyclic) bond motifs is 4. The molecule has 0 amide bonds. The number of pyridine rings is 1. The van der Waals surface area contributed by atoms with E-state index in [0.29, 0.717) is 42.6 Å². The number of esters is 1. The molecular weight excluding hydrogens is 606 g/mol. The number of hydrogen-bond donors (Lipinski definition) is 2. The van der Waals surface area contributed by atoms with E-state index in [0.717, 1.165) is 12.8 Å². The summed E-state index contributed by atoms with van der Waals surface area (Å²) >= 11 is 0. The highest BCUT2D eigenvalue weighted by Gasteiger charge is 2.36. The minimum atomic E-state index is -0.771. The lowest BCUT2D eigenvalue weighted by Gasteiger charge is -2.34. The number of ether oxygens (including phenoxy) is 2. The van der Waals surface area contributed by atoms with Crippen LogP contribution in [0.5, 0.6) is 11.8 Å². The van der Waals surface area contributed by atoms with Crippen molar-refractivity contribution in [1.82, 2.24) is 25.2 Å². The van der Waals surface area contributed by atoms with Gasteiger partial charge >= 0.3 is 12.0 Å². The smallest absolute Gasteiger partial charge is 0.319 e. The van der Waals surface area contributed by atoms with E-state index in [2.05, 4.69) is 31.0 Å². The number of anilines is 1. The van der Waals surface area contributed by atoms with Crippen molar-refractivity contribution >= 4 is 33.5 Å². The number of nitrogens with one attached hydrogen (secondary N) is 1. The molecule has 244 valence electrons. The SMILES string of the molecule is C#Cc1c(F)ccc2cc(O)cc(-c3ncc4c(N5CC6CCC(C5)N6)nc(OC[C@@H]5C[C@@H](OC(=O)C(C)C)CN5C)nc4c3F)c12. The van der Waals surface area contributed by atoms with Crippen LogP contribution in [-0.4, -0.2) is 88.4 Å². The Morgan fingerprint density at radius 2 is 1.94 bits per heavy atom. The molecule has 3 aliphatic heterocycles. The number of carbonyl (C=O) groups excluding carboxylic acids is 1. The summed E-state index contributed by atoms with van der Waals surface area (Å²) in [4.78, 5) is 30.2. The number of hydrogen-bond acceptors (Lipinski definition) is 10. The molecule has 10 nitrogen and oxygen atoms in total. The number of carbonyl (C=O) groups is 1. The second-order valence-corrected chi connectivity index (χ2v) is 13.1. The summed E-state index contributed by atoms with van der Waals surface area (Å²) < 4.78 is 43.4. The van der Waals surface area contributed by atoms with Gasteiger partial charge in [0.1, 0.15) is 41.3 Å². The number of likely N-dealkylation sites (N-methyl/N-ethyl adjacent to an activating group) is 1. The fourth-order valence-corrected chi connectivity index (χ4v) is 7.02. The number of benzene rings is 2. The quantitative estimate of drug-likeness (QED) is 0.222. The standard InChI is InChI=1S/C35H36F2N6O4/c1-5-25-28(36)9-6-19-10-23(44)12-26(29(19)25)31-30(37)32-27(13-38-31)33(43-14-20-7-8-21(15-43)39-20)41-35(40-32)46-17-22-11-24(16-42(22)4)47-34(45)18(2)3/h1,6,9-10,12-13,18,20-22,24,39,44H,7-8,11,14-17H2,2-4H3/t20?,21?,22-,24+/m0/s1. The number of phenolic OH excluding ortho intramolecular Hbond substituents is 1. The first-order valence-corrected chi connectivity index (χ1v) is 15.9. The van der Waals surface area contributed by atoms with Gasteiger partial charge < -0.3 is 24.8 Å². The van der Waals surface area contributed by atoms with E-state index >= 15 is 4.39 Å². The average molecular weight is 643 g/mol. The van der Waals surface area contributed by atoms with Gasteiger partial charge in [0.15, 0.2) is 5.82 Å². The molecule has 2 aromatic heterocycles. The van der Waals surface area contributed by atoms with Gasteiger partial charge in [0, 0.05) is 61.3 Å². The lowest BCUT2D eigenvalue weighted by molar-refractivity contribution is -0.152. The summed E-state index contributed by atoms with van der Waals surface area (Å²) in [5, 5.41) is 15.2. The topological polar surface area (TPSA) is 113 Å². The summed E-state index contributed by atoms with van der Waals surface area (Å²) in [5.74, 6) is 0.866. The van der Waals surface area contributed by atoms with Gasteiger partial charge in [-0.25, -0.2) is 8.78 Å². The van der Waals surface area contributed by atoms with Crippen LogP contribution in [-0.2, 0) is 9.53 Å². The first-order chi connectivity index (χ1) is 22.6. The number of likely N-dealkylation sites (tertiary alicyclic amines) is 1. The van der Waals surface area contributed by atoms with E-state index in [4.69, 9.17) is 20.9 Å². The van der Waals surface area contributed by atoms with Gasteiger partial charge in [-0.1, -0.05) is 25.8 Å². The molecule has 0 aliphatic carbocycles. The number of aromatic nitrogens is 3. The second-order valence-electron chi connectivity index (χ2n) is 13.1. The third kappa shape index (κ3) is 5.79. The van der Waals surface area contributed by atoms with Crippen LogP contribution in [0.2, 0.25) is 0 Å². The van der Waals surface area contributed by atoms with E-state index in [1.165, 1.54) is 30.5 Å². The normalized spacial score (nSPS) is 22.7. The zero-order chi connectivity index (χ0) is 33.0. The molecule has 0 radical (unpaired) electrons. The largest absolute Gasteiger partial charge is 0.508 e. The number of terminal acetylenes is 1. The van der Waals surface area contributed by atoms with Crippen molar-refractivity contribution in [2.45, 2.75) is 57.3 Å². The Morgan fingerprint density at radius 1 is 1.17 bits per heavy atom. The van der Waals surface area contributed by atoms with Crippen molar-refractivity contribution in [3.05, 3.63) is 47.7 Å². The van der Waals surface area contributed by atoms with Gasteiger partial charge in [0.25, 0.3) is 0 Å². The molecule has 3 fully saturated rings. The van der Waals surface area contributed by atoms with Crippen LogP contribution in [0.4, 0.5) is 14.6 Å². The van der Waals surface area contributed by atoms with E-state index < -0.39 is 11.6 Å². The predicted molar refractivity (Wildman–Crippen MR) is 173 cm³/mol. The van der Waals surface area contributed by atoms with E-state index in [1.54, 1.807) is 13.8 Å². The summed E-state index contributed by atoms with van der Waals surface area (Å²) in [6, 6.07) is 5.96. The molecule has 5 heterocycles. The van der Waals surface area contributed by atoms with Gasteiger partial charge in [-0.15, -0.1) is 6.42 Å². The molecule has 12 heteroatoms.